The number of ether oxygens (including phenoxy) is 1. The zero-order chi connectivity index (χ0) is 14.6. The molecule has 0 unspecified atom stereocenters. The van der Waals surface area contributed by atoms with Crippen LogP contribution in [-0.4, -0.2) is 12.5 Å². The lowest BCUT2D eigenvalue weighted by Crippen LogP contribution is -1.99. The molecule has 0 radical (unpaired) electrons. The average Bonchev–Trinajstić information content (AvgIpc) is 2.46. The second-order valence-corrected chi connectivity index (χ2v) is 5.03. The Morgan fingerprint density at radius 2 is 2.00 bits per heavy atom. The summed E-state index contributed by atoms with van der Waals surface area (Å²) in [5, 5.41) is 0. The van der Waals surface area contributed by atoms with Crippen LogP contribution in [0.1, 0.15) is 51.0 Å². The fraction of sp³-hybridized carbons (Fsp3) is 0.529. The van der Waals surface area contributed by atoms with E-state index in [2.05, 4.69) is 18.8 Å². The van der Waals surface area contributed by atoms with Gasteiger partial charge in [-0.2, -0.15) is 0 Å². The van der Waals surface area contributed by atoms with Crippen LogP contribution in [0.5, 0.6) is 5.75 Å². The van der Waals surface area contributed by atoms with Crippen LogP contribution in [0.4, 0.5) is 4.39 Å². The minimum absolute atomic E-state index is 0.290. The Balaban J connectivity index is 2.44. The Morgan fingerprint density at radius 3 is 2.75 bits per heavy atom. The fourth-order valence-electron chi connectivity index (χ4n) is 1.79. The smallest absolute Gasteiger partial charge is 0.165 e. The molecule has 0 saturated heterocycles. The van der Waals surface area contributed by atoms with Gasteiger partial charge in [-0.25, -0.2) is 4.39 Å². The van der Waals surface area contributed by atoms with Gasteiger partial charge in [-0.15, -0.1) is 11.6 Å². The molecule has 0 N–H and O–H groups in total. The van der Waals surface area contributed by atoms with Crippen molar-refractivity contribution >= 4 is 11.6 Å². The van der Waals surface area contributed by atoms with Gasteiger partial charge in [0.05, 0.1) is 6.61 Å². The third-order valence-corrected chi connectivity index (χ3v) is 3.08. The molecule has 110 valence electrons. The van der Waals surface area contributed by atoms with Crippen molar-refractivity contribution in [3.8, 4) is 17.6 Å². The van der Waals surface area contributed by atoms with Crippen LogP contribution in [0.2, 0.25) is 0 Å². The maximum atomic E-state index is 13.6. The second kappa shape index (κ2) is 10.6. The van der Waals surface area contributed by atoms with Crippen molar-refractivity contribution in [3.63, 3.8) is 0 Å². The van der Waals surface area contributed by atoms with Crippen molar-refractivity contribution in [2.24, 2.45) is 0 Å². The molecule has 0 aliphatic carbocycles. The molecule has 0 amide bonds. The highest BCUT2D eigenvalue weighted by Crippen LogP contribution is 2.19. The predicted molar refractivity (Wildman–Crippen MR) is 82.9 cm³/mol. The summed E-state index contributed by atoms with van der Waals surface area (Å²) in [6.45, 7) is 2.74. The highest BCUT2D eigenvalue weighted by molar-refractivity contribution is 6.18. The molecule has 0 aliphatic heterocycles. The van der Waals surface area contributed by atoms with Gasteiger partial charge in [0.1, 0.15) is 0 Å². The minimum Gasteiger partial charge on any atom is -0.490 e. The van der Waals surface area contributed by atoms with Crippen LogP contribution in [0.25, 0.3) is 0 Å². The van der Waals surface area contributed by atoms with Crippen molar-refractivity contribution in [3.05, 3.63) is 29.6 Å². The third kappa shape index (κ3) is 6.82. The number of benzene rings is 1. The van der Waals surface area contributed by atoms with E-state index in [1.165, 1.54) is 25.3 Å². The minimum atomic E-state index is -0.332. The van der Waals surface area contributed by atoms with E-state index in [1.807, 2.05) is 0 Å². The van der Waals surface area contributed by atoms with E-state index in [9.17, 15) is 4.39 Å². The number of alkyl halides is 1. The summed E-state index contributed by atoms with van der Waals surface area (Å²) in [5.41, 5.74) is 0.762. The summed E-state index contributed by atoms with van der Waals surface area (Å²) in [7, 11) is 0. The lowest BCUT2D eigenvalue weighted by Gasteiger charge is -2.07. The van der Waals surface area contributed by atoms with Crippen LogP contribution in [-0.2, 0) is 0 Å². The van der Waals surface area contributed by atoms with Crippen LogP contribution in [0.3, 0.4) is 0 Å². The number of halogens is 2. The summed E-state index contributed by atoms with van der Waals surface area (Å²) in [6.07, 6.45) is 6.41. The SMILES string of the molecule is CCCCCCCOc1cc(C#CCCCl)ccc1F. The van der Waals surface area contributed by atoms with Crippen LogP contribution in [0.15, 0.2) is 18.2 Å². The summed E-state index contributed by atoms with van der Waals surface area (Å²) < 4.78 is 19.1. The molecular weight excluding hydrogens is 275 g/mol. The first kappa shape index (κ1) is 16.9. The molecule has 0 atom stereocenters. The monoisotopic (exact) mass is 296 g/mol. The zero-order valence-corrected chi connectivity index (χ0v) is 12.8. The summed E-state index contributed by atoms with van der Waals surface area (Å²) in [6, 6.07) is 4.71. The standard InChI is InChI=1S/C17H22ClFO/c1-2-3-4-5-8-13-20-17-14-15(9-6-7-12-18)10-11-16(17)19/h10-11,14H,2-5,7-8,12-13H2,1H3. The quantitative estimate of drug-likeness (QED) is 0.366. The zero-order valence-electron chi connectivity index (χ0n) is 12.1. The molecule has 1 nitrogen and oxygen atoms in total. The lowest BCUT2D eigenvalue weighted by atomic mass is 10.2. The largest absolute Gasteiger partial charge is 0.490 e. The molecule has 1 aromatic carbocycles. The topological polar surface area (TPSA) is 9.23 Å². The summed E-state index contributed by atoms with van der Waals surface area (Å²) in [4.78, 5) is 0. The molecule has 0 saturated carbocycles. The van der Waals surface area contributed by atoms with Crippen molar-refractivity contribution in [2.75, 3.05) is 12.5 Å². The van der Waals surface area contributed by atoms with Crippen LogP contribution >= 0.6 is 11.6 Å². The molecule has 0 fully saturated rings. The first-order valence-electron chi connectivity index (χ1n) is 7.25. The molecule has 0 aliphatic rings. The fourth-order valence-corrected chi connectivity index (χ4v) is 1.89. The molecule has 1 aromatic rings. The first-order chi connectivity index (χ1) is 9.77. The number of hydrogen-bond donors (Lipinski definition) is 0. The molecule has 0 bridgehead atoms. The molecule has 3 heteroatoms. The van der Waals surface area contributed by atoms with Gasteiger partial charge in [0.15, 0.2) is 11.6 Å². The van der Waals surface area contributed by atoms with E-state index in [0.29, 0.717) is 18.9 Å². The van der Waals surface area contributed by atoms with Crippen molar-refractivity contribution < 1.29 is 9.13 Å². The average molecular weight is 297 g/mol. The molecular formula is C17H22ClFO. The van der Waals surface area contributed by atoms with Gasteiger partial charge in [-0.05, 0) is 24.6 Å². The Morgan fingerprint density at radius 1 is 1.20 bits per heavy atom. The number of unbranched alkanes of at least 4 members (excludes halogenated alkanes) is 4. The lowest BCUT2D eigenvalue weighted by molar-refractivity contribution is 0.290. The van der Waals surface area contributed by atoms with Crippen LogP contribution in [0, 0.1) is 17.7 Å². The molecule has 0 aromatic heterocycles. The van der Waals surface area contributed by atoms with Gasteiger partial charge in [-0.3, -0.25) is 0 Å². The van der Waals surface area contributed by atoms with E-state index in [4.69, 9.17) is 16.3 Å². The van der Waals surface area contributed by atoms with Gasteiger partial charge in [0, 0.05) is 17.9 Å². The van der Waals surface area contributed by atoms with Gasteiger partial charge < -0.3 is 4.74 Å². The van der Waals surface area contributed by atoms with E-state index in [-0.39, 0.29) is 11.6 Å². The highest BCUT2D eigenvalue weighted by Gasteiger charge is 2.03. The van der Waals surface area contributed by atoms with E-state index >= 15 is 0 Å². The Labute approximate surface area is 126 Å². The van der Waals surface area contributed by atoms with Crippen molar-refractivity contribution in [2.45, 2.75) is 45.4 Å². The molecule has 20 heavy (non-hydrogen) atoms. The van der Waals surface area contributed by atoms with Crippen LogP contribution < -0.4 is 4.74 Å². The Kier molecular flexibility index (Phi) is 8.91. The highest BCUT2D eigenvalue weighted by atomic mass is 35.5. The molecule has 0 heterocycles. The summed E-state index contributed by atoms with van der Waals surface area (Å²) >= 11 is 5.56. The van der Waals surface area contributed by atoms with E-state index < -0.39 is 0 Å². The van der Waals surface area contributed by atoms with Crippen molar-refractivity contribution in [1.82, 2.24) is 0 Å². The van der Waals surface area contributed by atoms with Gasteiger partial charge in [-0.1, -0.05) is 44.4 Å². The van der Waals surface area contributed by atoms with Crippen molar-refractivity contribution in [1.29, 1.82) is 0 Å². The third-order valence-electron chi connectivity index (χ3n) is 2.89. The van der Waals surface area contributed by atoms with E-state index in [1.54, 1.807) is 12.1 Å². The van der Waals surface area contributed by atoms with Gasteiger partial charge in [0.25, 0.3) is 0 Å². The summed E-state index contributed by atoms with van der Waals surface area (Å²) in [5.74, 6) is 6.35. The second-order valence-electron chi connectivity index (χ2n) is 4.65. The van der Waals surface area contributed by atoms with Gasteiger partial charge in [0.2, 0.25) is 0 Å². The number of rotatable bonds is 8. The normalized spacial score (nSPS) is 9.95. The first-order valence-corrected chi connectivity index (χ1v) is 7.78. The Bertz CT molecular complexity index is 448. The Hall–Kier alpha value is -1.20. The predicted octanol–water partition coefficient (Wildman–Crippen LogP) is 5.16. The van der Waals surface area contributed by atoms with E-state index in [0.717, 1.165) is 18.4 Å². The molecule has 0 spiro atoms. The van der Waals surface area contributed by atoms with Gasteiger partial charge >= 0.3 is 0 Å². The number of hydrogen-bond acceptors (Lipinski definition) is 1. The maximum absolute atomic E-state index is 13.6. The molecule has 1 rings (SSSR count). The maximum Gasteiger partial charge on any atom is 0.165 e.